The van der Waals surface area contributed by atoms with E-state index in [1.807, 2.05) is 6.07 Å². The first kappa shape index (κ1) is 24.0. The van der Waals surface area contributed by atoms with Crippen molar-refractivity contribution in [1.29, 1.82) is 5.26 Å². The Labute approximate surface area is 201 Å². The number of aliphatic hydroxyl groups excluding tert-OH is 1. The predicted molar refractivity (Wildman–Crippen MR) is 123 cm³/mol. The highest BCUT2D eigenvalue weighted by Crippen LogP contribution is 2.43. The van der Waals surface area contributed by atoms with E-state index in [4.69, 9.17) is 21.6 Å². The molecular weight excluding hydrogens is 461 g/mol. The minimum Gasteiger partial charge on any atom is -0.484 e. The van der Waals surface area contributed by atoms with Crippen LogP contribution in [0.5, 0.6) is 5.75 Å². The van der Waals surface area contributed by atoms with Gasteiger partial charge in [-0.3, -0.25) is 9.59 Å². The van der Waals surface area contributed by atoms with Crippen molar-refractivity contribution in [3.63, 3.8) is 0 Å². The molecule has 9 heteroatoms. The maximum Gasteiger partial charge on any atom is 0.258 e. The molecule has 7 nitrogen and oxygen atoms in total. The number of nitriles is 1. The number of nitrogens with one attached hydrogen (secondary N) is 2. The Bertz CT molecular complexity index is 1130. The molecule has 0 heterocycles. The minimum atomic E-state index is -0.839. The van der Waals surface area contributed by atoms with E-state index >= 15 is 0 Å². The van der Waals surface area contributed by atoms with Gasteiger partial charge in [0.15, 0.2) is 6.61 Å². The van der Waals surface area contributed by atoms with Crippen molar-refractivity contribution >= 4 is 23.4 Å². The lowest BCUT2D eigenvalue weighted by Crippen LogP contribution is -2.64. The van der Waals surface area contributed by atoms with Gasteiger partial charge in [-0.15, -0.1) is 0 Å². The molecule has 3 N–H and O–H groups in total. The summed E-state index contributed by atoms with van der Waals surface area (Å²) in [5, 5.41) is 25.9. The second-order valence-corrected chi connectivity index (χ2v) is 9.42. The Kier molecular flexibility index (Phi) is 7.05. The lowest BCUT2D eigenvalue weighted by atomic mass is 9.64. The third-order valence-corrected chi connectivity index (χ3v) is 6.93. The van der Waals surface area contributed by atoms with E-state index < -0.39 is 23.5 Å². The van der Waals surface area contributed by atoms with Gasteiger partial charge in [-0.25, -0.2) is 4.39 Å². The number of ether oxygens (including phenoxy) is 1. The number of aliphatic hydroxyl groups is 1. The van der Waals surface area contributed by atoms with Gasteiger partial charge in [-0.1, -0.05) is 24.1 Å². The van der Waals surface area contributed by atoms with Crippen LogP contribution >= 0.6 is 11.6 Å². The first-order valence-corrected chi connectivity index (χ1v) is 11.5. The van der Waals surface area contributed by atoms with Crippen LogP contribution < -0.4 is 15.4 Å². The molecule has 34 heavy (non-hydrogen) atoms. The van der Waals surface area contributed by atoms with Crippen molar-refractivity contribution < 1.29 is 23.8 Å². The van der Waals surface area contributed by atoms with Crippen LogP contribution in [0, 0.1) is 23.1 Å². The molecule has 2 fully saturated rings. The summed E-state index contributed by atoms with van der Waals surface area (Å²) in [5.74, 6) is -1.14. The number of nitrogens with zero attached hydrogens (tertiary/aromatic N) is 1. The average Bonchev–Trinajstić information content (AvgIpc) is 2.82. The van der Waals surface area contributed by atoms with Gasteiger partial charge in [0.25, 0.3) is 11.8 Å². The van der Waals surface area contributed by atoms with Crippen molar-refractivity contribution in [1.82, 2.24) is 10.6 Å². The maximum absolute atomic E-state index is 13.6. The van der Waals surface area contributed by atoms with Crippen LogP contribution in [-0.4, -0.2) is 41.2 Å². The van der Waals surface area contributed by atoms with Crippen LogP contribution in [0.15, 0.2) is 42.5 Å². The van der Waals surface area contributed by atoms with Crippen molar-refractivity contribution in [2.45, 2.75) is 49.8 Å². The number of hydrogen-bond acceptors (Lipinski definition) is 5. The average molecular weight is 486 g/mol. The molecule has 0 aliphatic heterocycles. The van der Waals surface area contributed by atoms with Crippen LogP contribution in [0.1, 0.15) is 48.0 Å². The molecule has 0 aromatic heterocycles. The first-order chi connectivity index (χ1) is 16.3. The van der Waals surface area contributed by atoms with Gasteiger partial charge in [-0.2, -0.15) is 5.26 Å². The number of benzene rings is 2. The molecule has 2 saturated carbocycles. The van der Waals surface area contributed by atoms with E-state index in [1.165, 1.54) is 18.2 Å². The van der Waals surface area contributed by atoms with Gasteiger partial charge < -0.3 is 20.5 Å². The van der Waals surface area contributed by atoms with Gasteiger partial charge in [0, 0.05) is 17.2 Å². The third kappa shape index (κ3) is 5.32. The molecule has 0 saturated heterocycles. The largest absolute Gasteiger partial charge is 0.484 e. The van der Waals surface area contributed by atoms with Crippen LogP contribution in [0.4, 0.5) is 4.39 Å². The van der Waals surface area contributed by atoms with Crippen LogP contribution in [0.3, 0.4) is 0 Å². The van der Waals surface area contributed by atoms with Gasteiger partial charge in [0.2, 0.25) is 0 Å². The van der Waals surface area contributed by atoms with Crippen LogP contribution in [0.2, 0.25) is 5.02 Å². The smallest absolute Gasteiger partial charge is 0.258 e. The zero-order valence-electron chi connectivity index (χ0n) is 18.4. The van der Waals surface area contributed by atoms with Gasteiger partial charge >= 0.3 is 0 Å². The summed E-state index contributed by atoms with van der Waals surface area (Å²) in [5.41, 5.74) is 0.165. The molecule has 4 atom stereocenters. The van der Waals surface area contributed by atoms with E-state index in [9.17, 15) is 19.1 Å². The lowest BCUT2D eigenvalue weighted by Gasteiger charge is -2.51. The second kappa shape index (κ2) is 10.00. The van der Waals surface area contributed by atoms with Gasteiger partial charge in [0.1, 0.15) is 11.6 Å². The Balaban J connectivity index is 1.37. The van der Waals surface area contributed by atoms with Crippen LogP contribution in [0.25, 0.3) is 0 Å². The number of carbonyl (C=O) groups is 2. The number of hydrogen-bond donors (Lipinski definition) is 3. The number of carbonyl (C=O) groups excluding carboxylic acids is 2. The Morgan fingerprint density at radius 1 is 1.26 bits per heavy atom. The third-order valence-electron chi connectivity index (χ3n) is 6.62. The van der Waals surface area contributed by atoms with E-state index in [-0.39, 0.29) is 35.1 Å². The molecule has 0 radical (unpaired) electrons. The molecule has 4 rings (SSSR count). The van der Waals surface area contributed by atoms with Crippen molar-refractivity contribution in [2.75, 3.05) is 6.61 Å². The van der Waals surface area contributed by atoms with E-state index in [0.29, 0.717) is 30.4 Å². The highest BCUT2D eigenvalue weighted by atomic mass is 35.5. The highest BCUT2D eigenvalue weighted by molar-refractivity contribution is 6.30. The summed E-state index contributed by atoms with van der Waals surface area (Å²) < 4.78 is 19.0. The Morgan fingerprint density at radius 2 is 2.09 bits per heavy atom. The molecule has 4 unspecified atom stereocenters. The van der Waals surface area contributed by atoms with E-state index in [2.05, 4.69) is 10.6 Å². The monoisotopic (exact) mass is 485 g/mol. The van der Waals surface area contributed by atoms with Crippen molar-refractivity contribution in [3.8, 4) is 11.8 Å². The minimum absolute atomic E-state index is 0.00724. The second-order valence-electron chi connectivity index (χ2n) is 9.01. The quantitative estimate of drug-likeness (QED) is 0.581. The highest BCUT2D eigenvalue weighted by Gasteiger charge is 2.49. The number of fused-ring (bicyclic) bond motifs is 2. The lowest BCUT2D eigenvalue weighted by molar-refractivity contribution is -0.127. The molecule has 2 bridgehead atoms. The molecule has 2 aliphatic rings. The summed E-state index contributed by atoms with van der Waals surface area (Å²) in [6.07, 6.45) is 2.46. The molecule has 2 amide bonds. The SMILES string of the molecule is N#Cc1cccc(C(=O)NC2C(O)CC3(NC(=O)COc4ccc(Cl)c(F)c4)CCCC2C3)c1. The van der Waals surface area contributed by atoms with Gasteiger partial charge in [0.05, 0.1) is 28.8 Å². The van der Waals surface area contributed by atoms with Gasteiger partial charge in [-0.05, 0) is 61.9 Å². The number of rotatable bonds is 6. The molecule has 178 valence electrons. The molecule has 2 aromatic rings. The Hall–Kier alpha value is -3.15. The predicted octanol–water partition coefficient (Wildman–Crippen LogP) is 3.34. The molecule has 2 aromatic carbocycles. The zero-order valence-corrected chi connectivity index (χ0v) is 19.1. The summed E-state index contributed by atoms with van der Waals surface area (Å²) in [4.78, 5) is 25.4. The molecular formula is C25H25ClFN3O4. The Morgan fingerprint density at radius 3 is 2.85 bits per heavy atom. The van der Waals surface area contributed by atoms with Crippen molar-refractivity contribution in [3.05, 3.63) is 64.4 Å². The summed E-state index contributed by atoms with van der Waals surface area (Å²) in [6, 6.07) is 11.9. The zero-order chi connectivity index (χ0) is 24.3. The topological polar surface area (TPSA) is 111 Å². The maximum atomic E-state index is 13.6. The summed E-state index contributed by atoms with van der Waals surface area (Å²) in [7, 11) is 0. The number of amides is 2. The van der Waals surface area contributed by atoms with E-state index in [1.54, 1.807) is 18.2 Å². The number of halogens is 2. The fourth-order valence-electron chi connectivity index (χ4n) is 5.13. The first-order valence-electron chi connectivity index (χ1n) is 11.2. The fourth-order valence-corrected chi connectivity index (χ4v) is 5.25. The van der Waals surface area contributed by atoms with Crippen LogP contribution in [-0.2, 0) is 4.79 Å². The fraction of sp³-hybridized carbons (Fsp3) is 0.400. The summed E-state index contributed by atoms with van der Waals surface area (Å²) in [6.45, 7) is -0.293. The standard InChI is InChI=1S/C25H25ClFN3O4/c26-19-7-6-18(10-20(19)27)34-14-22(32)30-25-8-2-5-17(11-25)23(21(31)12-25)29-24(33)16-4-1-3-15(9-16)13-28/h1,3-4,6-7,9-10,17,21,23,31H,2,5,8,11-12,14H2,(H,29,33)(H,30,32). The normalized spacial score (nSPS) is 25.6. The van der Waals surface area contributed by atoms with E-state index in [0.717, 1.165) is 18.9 Å². The van der Waals surface area contributed by atoms with Crippen molar-refractivity contribution in [2.24, 2.45) is 5.92 Å². The molecule has 0 spiro atoms. The summed E-state index contributed by atoms with van der Waals surface area (Å²) >= 11 is 5.66. The molecule has 2 aliphatic carbocycles.